The zero-order valence-electron chi connectivity index (χ0n) is 10.0. The molecule has 19 heavy (non-hydrogen) atoms. The summed E-state index contributed by atoms with van der Waals surface area (Å²) in [5.41, 5.74) is 1.36. The molecule has 0 radical (unpaired) electrons. The first-order chi connectivity index (χ1) is 9.19. The predicted octanol–water partition coefficient (Wildman–Crippen LogP) is 2.24. The fourth-order valence-corrected chi connectivity index (χ4v) is 2.34. The van der Waals surface area contributed by atoms with Gasteiger partial charge in [-0.15, -0.1) is 17.8 Å². The number of carbonyl (C=O) groups is 1. The van der Waals surface area contributed by atoms with Gasteiger partial charge < -0.3 is 5.32 Å². The van der Waals surface area contributed by atoms with Crippen LogP contribution < -0.4 is 5.32 Å². The van der Waals surface area contributed by atoms with Crippen molar-refractivity contribution < 1.29 is 9.18 Å². The lowest BCUT2D eigenvalue weighted by atomic mass is 10.2. The topological polar surface area (TPSA) is 42.0 Å². The third-order valence-corrected chi connectivity index (χ3v) is 3.29. The molecule has 1 aromatic heterocycles. The van der Waals surface area contributed by atoms with Gasteiger partial charge in [0.15, 0.2) is 0 Å². The summed E-state index contributed by atoms with van der Waals surface area (Å²) in [4.78, 5) is 15.8. The van der Waals surface area contributed by atoms with Gasteiger partial charge in [0.05, 0.1) is 18.7 Å². The van der Waals surface area contributed by atoms with Gasteiger partial charge >= 0.3 is 0 Å². The lowest BCUT2D eigenvalue weighted by molar-refractivity contribution is -0.120. The molecule has 0 bridgehead atoms. The van der Waals surface area contributed by atoms with Crippen molar-refractivity contribution >= 4 is 17.2 Å². The van der Waals surface area contributed by atoms with Crippen molar-refractivity contribution in [2.45, 2.75) is 6.42 Å². The van der Waals surface area contributed by atoms with E-state index in [0.717, 1.165) is 0 Å². The van der Waals surface area contributed by atoms with Crippen molar-refractivity contribution in [3.63, 3.8) is 0 Å². The van der Waals surface area contributed by atoms with Gasteiger partial charge in [-0.05, 0) is 12.1 Å². The second-order valence-electron chi connectivity index (χ2n) is 3.81. The van der Waals surface area contributed by atoms with Crippen LogP contribution in [0.2, 0.25) is 0 Å². The van der Waals surface area contributed by atoms with Gasteiger partial charge in [-0.2, -0.15) is 0 Å². The number of hydrogen-bond donors (Lipinski definition) is 1. The lowest BCUT2D eigenvalue weighted by Crippen LogP contribution is -2.25. The number of amides is 1. The molecule has 0 fully saturated rings. The number of hydrogen-bond acceptors (Lipinski definition) is 3. The molecule has 0 aliphatic carbocycles. The third-order valence-electron chi connectivity index (χ3n) is 2.35. The summed E-state index contributed by atoms with van der Waals surface area (Å²) >= 11 is 1.38. The Kier molecular flexibility index (Phi) is 4.26. The van der Waals surface area contributed by atoms with E-state index in [1.165, 1.54) is 23.5 Å². The summed E-state index contributed by atoms with van der Waals surface area (Å²) < 4.78 is 13.1. The minimum atomic E-state index is -0.305. The molecule has 0 unspecified atom stereocenters. The zero-order valence-corrected chi connectivity index (χ0v) is 10.8. The van der Waals surface area contributed by atoms with E-state index in [4.69, 9.17) is 6.42 Å². The SMILES string of the molecule is C#CCNC(=O)Cc1csc(-c2cccc(F)c2)n1. The number of nitrogens with one attached hydrogen (secondary N) is 1. The van der Waals surface area contributed by atoms with Crippen LogP contribution in [0.15, 0.2) is 29.6 Å². The number of carbonyl (C=O) groups excluding carboxylic acids is 1. The average Bonchev–Trinajstić information content (AvgIpc) is 2.85. The van der Waals surface area contributed by atoms with Crippen molar-refractivity contribution in [1.29, 1.82) is 0 Å². The number of aromatic nitrogens is 1. The smallest absolute Gasteiger partial charge is 0.226 e. The Morgan fingerprint density at radius 2 is 2.37 bits per heavy atom. The lowest BCUT2D eigenvalue weighted by Gasteiger charge is -1.98. The number of nitrogens with zero attached hydrogens (tertiary/aromatic N) is 1. The van der Waals surface area contributed by atoms with E-state index in [0.29, 0.717) is 16.3 Å². The molecule has 1 amide bonds. The maximum Gasteiger partial charge on any atom is 0.226 e. The van der Waals surface area contributed by atoms with Crippen LogP contribution in [-0.4, -0.2) is 17.4 Å². The Bertz CT molecular complexity index is 630. The molecule has 5 heteroatoms. The van der Waals surface area contributed by atoms with Crippen molar-refractivity contribution in [3.05, 3.63) is 41.2 Å². The van der Waals surface area contributed by atoms with Crippen molar-refractivity contribution in [3.8, 4) is 22.9 Å². The predicted molar refractivity (Wildman–Crippen MR) is 73.1 cm³/mol. The van der Waals surface area contributed by atoms with Crippen molar-refractivity contribution in [2.75, 3.05) is 6.54 Å². The number of halogens is 1. The highest BCUT2D eigenvalue weighted by Gasteiger charge is 2.08. The molecule has 2 aromatic rings. The summed E-state index contributed by atoms with van der Waals surface area (Å²) in [6.45, 7) is 0.208. The molecule has 0 atom stereocenters. The second-order valence-corrected chi connectivity index (χ2v) is 4.67. The molecule has 0 spiro atoms. The maximum atomic E-state index is 13.1. The molecule has 1 aromatic carbocycles. The highest BCUT2D eigenvalue weighted by atomic mass is 32.1. The van der Waals surface area contributed by atoms with Gasteiger partial charge in [-0.25, -0.2) is 9.37 Å². The maximum absolute atomic E-state index is 13.1. The van der Waals surface area contributed by atoms with Crippen LogP contribution in [0.5, 0.6) is 0 Å². The van der Waals surface area contributed by atoms with Gasteiger partial charge in [0.25, 0.3) is 0 Å². The molecule has 1 N–H and O–H groups in total. The molecule has 0 saturated carbocycles. The highest BCUT2D eigenvalue weighted by molar-refractivity contribution is 7.13. The van der Waals surface area contributed by atoms with E-state index in [2.05, 4.69) is 16.2 Å². The summed E-state index contributed by atoms with van der Waals surface area (Å²) in [7, 11) is 0. The standard InChI is InChI=1S/C14H11FN2OS/c1-2-6-16-13(18)8-12-9-19-14(17-12)10-4-3-5-11(15)7-10/h1,3-5,7,9H,6,8H2,(H,16,18). The van der Waals surface area contributed by atoms with Crippen molar-refractivity contribution in [2.24, 2.45) is 0 Å². The van der Waals surface area contributed by atoms with E-state index in [1.807, 2.05) is 0 Å². The fourth-order valence-electron chi connectivity index (χ4n) is 1.52. The van der Waals surface area contributed by atoms with Crippen LogP contribution >= 0.6 is 11.3 Å². The molecule has 0 saturated heterocycles. The van der Waals surface area contributed by atoms with E-state index in [1.54, 1.807) is 17.5 Å². The normalized spacial score (nSPS) is 9.89. The van der Waals surface area contributed by atoms with Gasteiger partial charge in [0.1, 0.15) is 10.8 Å². The summed E-state index contributed by atoms with van der Waals surface area (Å²) in [5, 5.41) is 5.05. The molecule has 0 aliphatic rings. The van der Waals surface area contributed by atoms with Gasteiger partial charge in [-0.1, -0.05) is 18.1 Å². The Balaban J connectivity index is 2.07. The molecule has 1 heterocycles. The largest absolute Gasteiger partial charge is 0.345 e. The highest BCUT2D eigenvalue weighted by Crippen LogP contribution is 2.24. The second kappa shape index (κ2) is 6.12. The van der Waals surface area contributed by atoms with Crippen LogP contribution in [0.3, 0.4) is 0 Å². The monoisotopic (exact) mass is 274 g/mol. The van der Waals surface area contributed by atoms with Crippen LogP contribution in [0.1, 0.15) is 5.69 Å². The molecule has 0 aliphatic heterocycles. The molecular weight excluding hydrogens is 263 g/mol. The minimum absolute atomic E-state index is 0.172. The van der Waals surface area contributed by atoms with Crippen LogP contribution in [0.4, 0.5) is 4.39 Å². The first-order valence-electron chi connectivity index (χ1n) is 5.59. The van der Waals surface area contributed by atoms with Crippen LogP contribution in [0.25, 0.3) is 10.6 Å². The molecule has 3 nitrogen and oxygen atoms in total. The van der Waals surface area contributed by atoms with Crippen LogP contribution in [0, 0.1) is 18.2 Å². The Hall–Kier alpha value is -2.19. The average molecular weight is 274 g/mol. The van der Waals surface area contributed by atoms with E-state index >= 15 is 0 Å². The number of rotatable bonds is 4. The first-order valence-corrected chi connectivity index (χ1v) is 6.47. The zero-order chi connectivity index (χ0) is 13.7. The first kappa shape index (κ1) is 13.2. The minimum Gasteiger partial charge on any atom is -0.345 e. The van der Waals surface area contributed by atoms with Gasteiger partial charge in [0, 0.05) is 10.9 Å². The van der Waals surface area contributed by atoms with E-state index < -0.39 is 0 Å². The number of terminal acetylenes is 1. The van der Waals surface area contributed by atoms with Gasteiger partial charge in [-0.3, -0.25) is 4.79 Å². The Morgan fingerprint density at radius 3 is 3.11 bits per heavy atom. The number of benzene rings is 1. The quantitative estimate of drug-likeness (QED) is 0.869. The fraction of sp³-hybridized carbons (Fsp3) is 0.143. The third kappa shape index (κ3) is 3.63. The van der Waals surface area contributed by atoms with Crippen molar-refractivity contribution in [1.82, 2.24) is 10.3 Å². The van der Waals surface area contributed by atoms with Crippen LogP contribution in [-0.2, 0) is 11.2 Å². The summed E-state index contributed by atoms with van der Waals surface area (Å²) in [5.74, 6) is 1.85. The summed E-state index contributed by atoms with van der Waals surface area (Å²) in [6, 6.07) is 6.21. The molecule has 96 valence electrons. The van der Waals surface area contributed by atoms with E-state index in [9.17, 15) is 9.18 Å². The van der Waals surface area contributed by atoms with E-state index in [-0.39, 0.29) is 24.7 Å². The molecule has 2 rings (SSSR count). The Labute approximate surface area is 114 Å². The summed E-state index contributed by atoms with van der Waals surface area (Å²) in [6.07, 6.45) is 5.22. The number of thiazole rings is 1. The molecular formula is C14H11FN2OS. The Morgan fingerprint density at radius 1 is 1.53 bits per heavy atom. The van der Waals surface area contributed by atoms with Gasteiger partial charge in [0.2, 0.25) is 5.91 Å².